The fourth-order valence-corrected chi connectivity index (χ4v) is 5.94. The average molecular weight is 323 g/mol. The number of nitrogens with zero attached hydrogens (tertiary/aromatic N) is 1. The molecule has 0 saturated heterocycles. The van der Waals surface area contributed by atoms with Crippen LogP contribution in [0.2, 0.25) is 0 Å². The fourth-order valence-electron chi connectivity index (χ4n) is 5.94. The summed E-state index contributed by atoms with van der Waals surface area (Å²) in [4.78, 5) is 11.7. The predicted molar refractivity (Wildman–Crippen MR) is 91.8 cm³/mol. The summed E-state index contributed by atoms with van der Waals surface area (Å²) >= 11 is 0. The molecule has 2 unspecified atom stereocenters. The lowest BCUT2D eigenvalue weighted by Crippen LogP contribution is -2.42. The summed E-state index contributed by atoms with van der Waals surface area (Å²) < 4.78 is 0. The van der Waals surface area contributed by atoms with Gasteiger partial charge in [-0.3, -0.25) is 4.79 Å². The van der Waals surface area contributed by atoms with Gasteiger partial charge in [-0.05, 0) is 72.2 Å². The van der Waals surface area contributed by atoms with Crippen LogP contribution in [0.5, 0.6) is 0 Å². The van der Waals surface area contributed by atoms with Crippen LogP contribution in [-0.2, 0) is 4.79 Å². The zero-order chi connectivity index (χ0) is 16.7. The summed E-state index contributed by atoms with van der Waals surface area (Å²) in [6, 6.07) is 2.29. The molecule has 0 radical (unpaired) electrons. The number of allylic oxidation sites excluding steroid dienone is 6. The number of nitriles is 1. The Labute approximate surface area is 143 Å². The molecule has 0 amide bonds. The molecule has 1 N–H and O–H groups in total. The molecule has 0 heterocycles. The molecular weight excluding hydrogens is 298 g/mol. The number of carbonyl (C=O) groups is 1. The Bertz CT molecular complexity index is 693. The van der Waals surface area contributed by atoms with E-state index in [4.69, 9.17) is 0 Å². The van der Waals surface area contributed by atoms with Gasteiger partial charge in [-0.15, -0.1) is 0 Å². The highest BCUT2D eigenvalue weighted by molar-refractivity contribution is 5.93. The first kappa shape index (κ1) is 15.8. The van der Waals surface area contributed by atoms with E-state index >= 15 is 0 Å². The Morgan fingerprint density at radius 1 is 1.33 bits per heavy atom. The van der Waals surface area contributed by atoms with Gasteiger partial charge in [0.2, 0.25) is 0 Å². The second kappa shape index (κ2) is 6.01. The Morgan fingerprint density at radius 2 is 2.21 bits per heavy atom. The maximum Gasteiger partial charge on any atom is 0.156 e. The Morgan fingerprint density at radius 3 is 3.00 bits per heavy atom. The Kier molecular flexibility index (Phi) is 3.96. The number of hydrogen-bond acceptors (Lipinski definition) is 3. The first-order chi connectivity index (χ1) is 11.7. The van der Waals surface area contributed by atoms with Crippen LogP contribution >= 0.6 is 0 Å². The molecule has 4 aliphatic rings. The minimum absolute atomic E-state index is 0.00487. The van der Waals surface area contributed by atoms with Gasteiger partial charge in [-0.1, -0.05) is 18.6 Å². The van der Waals surface area contributed by atoms with Gasteiger partial charge < -0.3 is 5.11 Å². The minimum atomic E-state index is 0.00487. The SMILES string of the molecule is N#CCC(CO)C12C=CC3=C4CCC(=O)C=C4CC[C@H]3[C@@H]1CCC2. The number of ketones is 1. The third kappa shape index (κ3) is 2.24. The molecule has 3 nitrogen and oxygen atoms in total. The van der Waals surface area contributed by atoms with Gasteiger partial charge in [-0.2, -0.15) is 5.26 Å². The number of hydrogen-bond donors (Lipinski definition) is 1. The highest BCUT2D eigenvalue weighted by Gasteiger charge is 2.52. The van der Waals surface area contributed by atoms with E-state index in [1.165, 1.54) is 29.6 Å². The van der Waals surface area contributed by atoms with Gasteiger partial charge in [-0.25, -0.2) is 0 Å². The van der Waals surface area contributed by atoms with Crippen LogP contribution in [-0.4, -0.2) is 17.5 Å². The minimum Gasteiger partial charge on any atom is -0.396 e. The zero-order valence-corrected chi connectivity index (χ0v) is 14.1. The third-order valence-corrected chi connectivity index (χ3v) is 7.01. The monoisotopic (exact) mass is 323 g/mol. The van der Waals surface area contributed by atoms with Crippen LogP contribution in [0.1, 0.15) is 51.4 Å². The van der Waals surface area contributed by atoms with E-state index in [-0.39, 0.29) is 23.7 Å². The molecule has 24 heavy (non-hydrogen) atoms. The van der Waals surface area contributed by atoms with Crippen molar-refractivity contribution in [1.82, 2.24) is 0 Å². The second-order valence-corrected chi connectivity index (χ2v) is 7.90. The summed E-state index contributed by atoms with van der Waals surface area (Å²) in [7, 11) is 0. The second-order valence-electron chi connectivity index (χ2n) is 7.90. The van der Waals surface area contributed by atoms with Gasteiger partial charge in [0.05, 0.1) is 6.07 Å². The van der Waals surface area contributed by atoms with Crippen LogP contribution < -0.4 is 0 Å². The van der Waals surface area contributed by atoms with Crippen molar-refractivity contribution in [2.45, 2.75) is 51.4 Å². The zero-order valence-electron chi connectivity index (χ0n) is 14.1. The maximum absolute atomic E-state index is 11.7. The van der Waals surface area contributed by atoms with Crippen molar-refractivity contribution < 1.29 is 9.90 Å². The third-order valence-electron chi connectivity index (χ3n) is 7.01. The first-order valence-corrected chi connectivity index (χ1v) is 9.33. The van der Waals surface area contributed by atoms with Crippen LogP contribution in [0.15, 0.2) is 34.9 Å². The highest BCUT2D eigenvalue weighted by Crippen LogP contribution is 2.60. The van der Waals surface area contributed by atoms with E-state index in [1.807, 2.05) is 6.08 Å². The molecule has 4 rings (SSSR count). The van der Waals surface area contributed by atoms with Crippen molar-refractivity contribution in [3.05, 3.63) is 34.9 Å². The number of rotatable bonds is 3. The van der Waals surface area contributed by atoms with Crippen molar-refractivity contribution in [1.29, 1.82) is 5.26 Å². The van der Waals surface area contributed by atoms with Gasteiger partial charge in [0.15, 0.2) is 5.78 Å². The molecule has 126 valence electrons. The van der Waals surface area contributed by atoms with Crippen molar-refractivity contribution in [2.75, 3.05) is 6.61 Å². The quantitative estimate of drug-likeness (QED) is 0.858. The smallest absolute Gasteiger partial charge is 0.156 e. The number of fused-ring (bicyclic) bond motifs is 4. The van der Waals surface area contributed by atoms with E-state index in [0.717, 1.165) is 25.7 Å². The summed E-state index contributed by atoms with van der Waals surface area (Å²) in [6.07, 6.45) is 14.1. The molecule has 4 atom stereocenters. The lowest BCUT2D eigenvalue weighted by atomic mass is 9.56. The molecule has 4 aliphatic carbocycles. The molecule has 1 fully saturated rings. The lowest BCUT2D eigenvalue weighted by molar-refractivity contribution is -0.114. The summed E-state index contributed by atoms with van der Waals surface area (Å²) in [5.41, 5.74) is 4.15. The molecule has 0 bridgehead atoms. The predicted octanol–water partition coefficient (Wildman–Crippen LogP) is 3.86. The summed E-state index contributed by atoms with van der Waals surface area (Å²) in [6.45, 7) is 0.104. The molecule has 1 saturated carbocycles. The van der Waals surface area contributed by atoms with Crippen LogP contribution in [0.3, 0.4) is 0 Å². The molecule has 0 spiro atoms. The van der Waals surface area contributed by atoms with Crippen molar-refractivity contribution in [3.63, 3.8) is 0 Å². The van der Waals surface area contributed by atoms with Crippen molar-refractivity contribution in [3.8, 4) is 6.07 Å². The van der Waals surface area contributed by atoms with E-state index in [0.29, 0.717) is 24.7 Å². The summed E-state index contributed by atoms with van der Waals surface area (Å²) in [5, 5.41) is 19.1. The topological polar surface area (TPSA) is 61.1 Å². The van der Waals surface area contributed by atoms with E-state index in [2.05, 4.69) is 18.2 Å². The van der Waals surface area contributed by atoms with E-state index < -0.39 is 0 Å². The standard InChI is InChI=1S/C21H25NO2/c22-11-8-15(13-23)21-9-1-2-20(21)19-5-3-14-12-16(24)4-6-17(14)18(19)7-10-21/h7,10,12,15,19-20,23H,1-6,8-9,13H2/t15?,19-,20+,21?/m1/s1. The van der Waals surface area contributed by atoms with E-state index in [1.54, 1.807) is 0 Å². The largest absolute Gasteiger partial charge is 0.396 e. The fraction of sp³-hybridized carbons (Fsp3) is 0.619. The van der Waals surface area contributed by atoms with Gasteiger partial charge in [0.25, 0.3) is 0 Å². The summed E-state index contributed by atoms with van der Waals surface area (Å²) in [5.74, 6) is 1.43. The highest BCUT2D eigenvalue weighted by atomic mass is 16.3. The number of carbonyl (C=O) groups excluding carboxylic acids is 1. The molecule has 3 heteroatoms. The van der Waals surface area contributed by atoms with Crippen LogP contribution in [0, 0.1) is 34.5 Å². The Balaban J connectivity index is 1.78. The normalized spacial score (nSPS) is 35.7. The molecular formula is C21H25NO2. The molecule has 0 aromatic heterocycles. The van der Waals surface area contributed by atoms with Crippen molar-refractivity contribution >= 4 is 5.78 Å². The molecule has 0 aromatic rings. The molecule has 0 aliphatic heterocycles. The average Bonchev–Trinajstić information content (AvgIpc) is 3.04. The van der Waals surface area contributed by atoms with Gasteiger partial charge in [0.1, 0.15) is 0 Å². The van der Waals surface area contributed by atoms with Crippen molar-refractivity contribution in [2.24, 2.45) is 23.2 Å². The number of aliphatic hydroxyl groups is 1. The van der Waals surface area contributed by atoms with E-state index in [9.17, 15) is 15.2 Å². The first-order valence-electron chi connectivity index (χ1n) is 9.33. The number of aliphatic hydroxyl groups excluding tert-OH is 1. The lowest BCUT2D eigenvalue weighted by Gasteiger charge is -2.48. The maximum atomic E-state index is 11.7. The van der Waals surface area contributed by atoms with Crippen LogP contribution in [0.4, 0.5) is 0 Å². The van der Waals surface area contributed by atoms with Gasteiger partial charge >= 0.3 is 0 Å². The Hall–Kier alpha value is -1.66. The van der Waals surface area contributed by atoms with Gasteiger partial charge in [0, 0.05) is 25.4 Å². The molecule has 0 aromatic carbocycles. The van der Waals surface area contributed by atoms with Crippen LogP contribution in [0.25, 0.3) is 0 Å².